The Hall–Kier alpha value is -1.17. The van der Waals surface area contributed by atoms with E-state index in [1.165, 1.54) is 11.3 Å². The standard InChI is InChI=1S/C19H27N3O3S2.HI/c1-3-20-18(22-15-19(2,23)16-10-12-26-14-16)21-11-7-13-27(24,25)17-8-5-4-6-9-17;/h4-6,8-10,12,14,23H,3,7,11,13,15H2,1-2H3,(H2,20,21,22);1H. The summed E-state index contributed by atoms with van der Waals surface area (Å²) in [6, 6.07) is 10.3. The first-order valence-electron chi connectivity index (χ1n) is 8.90. The Balaban J connectivity index is 0.00000392. The molecular formula is C19H28IN3O3S2. The Morgan fingerprint density at radius 1 is 1.21 bits per heavy atom. The van der Waals surface area contributed by atoms with E-state index in [1.54, 1.807) is 37.3 Å². The van der Waals surface area contributed by atoms with Gasteiger partial charge in [-0.2, -0.15) is 11.3 Å². The normalized spacial score (nSPS) is 14.0. The number of hydrogen-bond donors (Lipinski definition) is 3. The van der Waals surface area contributed by atoms with Crippen LogP contribution in [0.4, 0.5) is 0 Å². The summed E-state index contributed by atoms with van der Waals surface area (Å²) in [5, 5.41) is 20.6. The van der Waals surface area contributed by atoms with Gasteiger partial charge in [-0.25, -0.2) is 13.4 Å². The minimum Gasteiger partial charge on any atom is -0.383 e. The average Bonchev–Trinajstić information content (AvgIpc) is 3.20. The molecule has 9 heteroatoms. The van der Waals surface area contributed by atoms with Crippen LogP contribution in [0.2, 0.25) is 0 Å². The zero-order chi connectivity index (χ0) is 19.8. The van der Waals surface area contributed by atoms with Crippen LogP contribution in [0.3, 0.4) is 0 Å². The second-order valence-electron chi connectivity index (χ2n) is 6.39. The van der Waals surface area contributed by atoms with E-state index in [-0.39, 0.29) is 36.3 Å². The SMILES string of the molecule is CCNC(=NCC(C)(O)c1ccsc1)NCCCS(=O)(=O)c1ccccc1.I. The average molecular weight is 537 g/mol. The van der Waals surface area contributed by atoms with Crippen LogP contribution < -0.4 is 10.6 Å². The quantitative estimate of drug-likeness (QED) is 0.198. The maximum Gasteiger partial charge on any atom is 0.191 e. The highest BCUT2D eigenvalue weighted by Crippen LogP contribution is 2.23. The molecule has 1 heterocycles. The first-order valence-corrected chi connectivity index (χ1v) is 11.5. The van der Waals surface area contributed by atoms with Gasteiger partial charge in [-0.15, -0.1) is 24.0 Å². The van der Waals surface area contributed by atoms with Crippen LogP contribution >= 0.6 is 35.3 Å². The van der Waals surface area contributed by atoms with Crippen LogP contribution in [-0.4, -0.2) is 44.9 Å². The number of sulfone groups is 1. The van der Waals surface area contributed by atoms with Gasteiger partial charge in [0.15, 0.2) is 15.8 Å². The number of hydrogen-bond acceptors (Lipinski definition) is 5. The van der Waals surface area contributed by atoms with E-state index in [1.807, 2.05) is 23.8 Å². The highest BCUT2D eigenvalue weighted by atomic mass is 127. The van der Waals surface area contributed by atoms with Crippen LogP contribution in [0.15, 0.2) is 57.0 Å². The summed E-state index contributed by atoms with van der Waals surface area (Å²) in [7, 11) is -3.27. The molecule has 0 aliphatic heterocycles. The van der Waals surface area contributed by atoms with Crippen molar-refractivity contribution in [3.8, 4) is 0 Å². The van der Waals surface area contributed by atoms with E-state index in [2.05, 4.69) is 15.6 Å². The van der Waals surface area contributed by atoms with Crippen molar-refractivity contribution in [2.75, 3.05) is 25.4 Å². The number of nitrogens with zero attached hydrogens (tertiary/aromatic N) is 1. The van der Waals surface area contributed by atoms with Gasteiger partial charge in [-0.3, -0.25) is 0 Å². The van der Waals surface area contributed by atoms with Gasteiger partial charge in [0, 0.05) is 13.1 Å². The van der Waals surface area contributed by atoms with Gasteiger partial charge < -0.3 is 15.7 Å². The zero-order valence-corrected chi connectivity index (χ0v) is 20.1. The number of halogens is 1. The number of aliphatic imine (C=N–C) groups is 1. The smallest absolute Gasteiger partial charge is 0.191 e. The third-order valence-electron chi connectivity index (χ3n) is 4.02. The molecule has 3 N–H and O–H groups in total. The number of rotatable bonds is 9. The molecule has 2 rings (SSSR count). The Morgan fingerprint density at radius 2 is 1.93 bits per heavy atom. The predicted octanol–water partition coefficient (Wildman–Crippen LogP) is 2.99. The third kappa shape index (κ3) is 7.69. The van der Waals surface area contributed by atoms with E-state index in [0.717, 1.165) is 5.56 Å². The highest BCUT2D eigenvalue weighted by molar-refractivity contribution is 14.0. The molecule has 28 heavy (non-hydrogen) atoms. The van der Waals surface area contributed by atoms with Gasteiger partial charge in [0.1, 0.15) is 5.60 Å². The summed E-state index contributed by atoms with van der Waals surface area (Å²) >= 11 is 1.53. The molecule has 0 saturated heterocycles. The van der Waals surface area contributed by atoms with Crippen molar-refractivity contribution < 1.29 is 13.5 Å². The van der Waals surface area contributed by atoms with E-state index < -0.39 is 15.4 Å². The molecule has 6 nitrogen and oxygen atoms in total. The summed E-state index contributed by atoms with van der Waals surface area (Å²) < 4.78 is 24.6. The Bertz CT molecular complexity index is 823. The molecule has 0 radical (unpaired) electrons. The van der Waals surface area contributed by atoms with Crippen molar-refractivity contribution in [3.05, 3.63) is 52.7 Å². The van der Waals surface area contributed by atoms with Gasteiger partial charge in [-0.1, -0.05) is 18.2 Å². The Labute approximate surface area is 188 Å². The van der Waals surface area contributed by atoms with Crippen molar-refractivity contribution in [1.29, 1.82) is 0 Å². The third-order valence-corrected chi connectivity index (χ3v) is 6.52. The summed E-state index contributed by atoms with van der Waals surface area (Å²) in [6.07, 6.45) is 0.461. The number of guanidine groups is 1. The predicted molar refractivity (Wildman–Crippen MR) is 126 cm³/mol. The maximum absolute atomic E-state index is 12.3. The highest BCUT2D eigenvalue weighted by Gasteiger charge is 2.23. The number of benzene rings is 1. The van der Waals surface area contributed by atoms with Crippen LogP contribution in [-0.2, 0) is 15.4 Å². The van der Waals surface area contributed by atoms with Gasteiger partial charge >= 0.3 is 0 Å². The first kappa shape index (κ1) is 24.9. The van der Waals surface area contributed by atoms with Crippen molar-refractivity contribution in [3.63, 3.8) is 0 Å². The molecule has 0 fully saturated rings. The molecule has 0 spiro atoms. The van der Waals surface area contributed by atoms with Crippen LogP contribution in [0, 0.1) is 0 Å². The van der Waals surface area contributed by atoms with Crippen molar-refractivity contribution in [2.45, 2.75) is 30.8 Å². The van der Waals surface area contributed by atoms with Gasteiger partial charge in [-0.05, 0) is 54.8 Å². The van der Waals surface area contributed by atoms with Crippen molar-refractivity contribution in [2.24, 2.45) is 4.99 Å². The van der Waals surface area contributed by atoms with Gasteiger partial charge in [0.25, 0.3) is 0 Å². The topological polar surface area (TPSA) is 90.8 Å². The lowest BCUT2D eigenvalue weighted by Gasteiger charge is -2.21. The number of aliphatic hydroxyl groups is 1. The number of nitrogens with one attached hydrogen (secondary N) is 2. The van der Waals surface area contributed by atoms with Crippen LogP contribution in [0.25, 0.3) is 0 Å². The monoisotopic (exact) mass is 537 g/mol. The summed E-state index contributed by atoms with van der Waals surface area (Å²) in [5.74, 6) is 0.626. The molecule has 1 aromatic carbocycles. The van der Waals surface area contributed by atoms with E-state index >= 15 is 0 Å². The lowest BCUT2D eigenvalue weighted by molar-refractivity contribution is 0.0677. The minimum atomic E-state index is -3.27. The molecule has 156 valence electrons. The largest absolute Gasteiger partial charge is 0.383 e. The second-order valence-corrected chi connectivity index (χ2v) is 9.28. The molecular weight excluding hydrogens is 509 g/mol. The van der Waals surface area contributed by atoms with E-state index in [4.69, 9.17) is 0 Å². The molecule has 0 aliphatic rings. The van der Waals surface area contributed by atoms with Gasteiger partial charge in [0.2, 0.25) is 0 Å². The maximum atomic E-state index is 12.3. The summed E-state index contributed by atoms with van der Waals surface area (Å²) in [5.41, 5.74) is -0.208. The molecule has 2 aromatic rings. The van der Waals surface area contributed by atoms with Crippen molar-refractivity contribution in [1.82, 2.24) is 10.6 Å². The zero-order valence-electron chi connectivity index (χ0n) is 16.1. The fourth-order valence-electron chi connectivity index (χ4n) is 2.45. The van der Waals surface area contributed by atoms with Gasteiger partial charge in [0.05, 0.1) is 17.2 Å². The second kappa shape index (κ2) is 11.7. The Kier molecular flexibility index (Phi) is 10.4. The molecule has 0 aliphatic carbocycles. The Morgan fingerprint density at radius 3 is 2.54 bits per heavy atom. The molecule has 1 unspecified atom stereocenters. The summed E-state index contributed by atoms with van der Waals surface area (Å²) in [4.78, 5) is 4.78. The molecule has 0 amide bonds. The lowest BCUT2D eigenvalue weighted by Crippen LogP contribution is -2.39. The lowest BCUT2D eigenvalue weighted by atomic mass is 10.00. The van der Waals surface area contributed by atoms with Crippen LogP contribution in [0.5, 0.6) is 0 Å². The molecule has 1 atom stereocenters. The van der Waals surface area contributed by atoms with E-state index in [9.17, 15) is 13.5 Å². The van der Waals surface area contributed by atoms with Crippen molar-refractivity contribution >= 4 is 51.1 Å². The molecule has 0 bridgehead atoms. The summed E-state index contributed by atoms with van der Waals surface area (Å²) in [6.45, 7) is 5.04. The minimum absolute atomic E-state index is 0. The molecule has 1 aromatic heterocycles. The van der Waals surface area contributed by atoms with Crippen LogP contribution in [0.1, 0.15) is 25.8 Å². The fourth-order valence-corrected chi connectivity index (χ4v) is 4.57. The van der Waals surface area contributed by atoms with E-state index in [0.29, 0.717) is 30.4 Å². The fraction of sp³-hybridized carbons (Fsp3) is 0.421. The number of thiophene rings is 1. The molecule has 0 saturated carbocycles. The first-order chi connectivity index (χ1) is 12.8.